The molecular formula is C116H114Br2Cl5F18N7O. The van der Waals surface area contributed by atoms with E-state index in [0.717, 1.165) is 73.4 Å². The van der Waals surface area contributed by atoms with Crippen LogP contribution in [-0.2, 0) is 6.18 Å². The van der Waals surface area contributed by atoms with Crippen molar-refractivity contribution >= 4 is 89.9 Å². The molecule has 8 nitrogen and oxygen atoms in total. The predicted molar refractivity (Wildman–Crippen MR) is 573 cm³/mol. The van der Waals surface area contributed by atoms with Gasteiger partial charge in [-0.2, -0.15) is 23.4 Å². The topological polar surface area (TPSA) is 99.5 Å². The maximum Gasteiger partial charge on any atom is 0.573 e. The van der Waals surface area contributed by atoms with Crippen molar-refractivity contribution in [3.63, 3.8) is 0 Å². The number of ether oxygens (including phenoxy) is 1. The Morgan fingerprint density at radius 2 is 0.671 bits per heavy atom. The third kappa shape index (κ3) is 38.0. The summed E-state index contributed by atoms with van der Waals surface area (Å²) in [5.41, 5.74) is 8.20. The fourth-order valence-electron chi connectivity index (χ4n) is 13.8. The molecule has 0 saturated heterocycles. The molecule has 15 rings (SSSR count). The second-order valence-electron chi connectivity index (χ2n) is 36.5. The lowest BCUT2D eigenvalue weighted by atomic mass is 9.95. The van der Waals surface area contributed by atoms with Gasteiger partial charge in [-0.05, 0) is 228 Å². The van der Waals surface area contributed by atoms with Crippen molar-refractivity contribution in [2.45, 2.75) is 217 Å². The first-order valence-corrected chi connectivity index (χ1v) is 50.5. The molecule has 0 aliphatic rings. The van der Waals surface area contributed by atoms with Crippen LogP contribution in [0.15, 0.2) is 258 Å². The van der Waals surface area contributed by atoms with Crippen LogP contribution < -0.4 is 4.74 Å². The van der Waals surface area contributed by atoms with Crippen molar-refractivity contribution < 1.29 is 83.8 Å². The van der Waals surface area contributed by atoms with Gasteiger partial charge in [0.15, 0.2) is 11.6 Å². The average Bonchev–Trinajstić information content (AvgIpc) is 0.776. The van der Waals surface area contributed by atoms with Crippen molar-refractivity contribution in [2.75, 3.05) is 0 Å². The highest BCUT2D eigenvalue weighted by Gasteiger charge is 2.35. The number of aromatic nitrogens is 7. The average molecular weight is 2300 g/mol. The molecule has 15 aromatic rings. The van der Waals surface area contributed by atoms with Crippen LogP contribution in [0.5, 0.6) is 5.75 Å². The number of halogens is 25. The minimum Gasteiger partial charge on any atom is -0.403 e. The number of aryl methyl sites for hydroxylation is 1. The Morgan fingerprint density at radius 3 is 1.09 bits per heavy atom. The number of nitrogens with zero attached hydrogens (tertiary/aromatic N) is 7. The molecule has 0 saturated carbocycles. The van der Waals surface area contributed by atoms with Crippen LogP contribution >= 0.6 is 89.9 Å². The molecule has 0 N–H and O–H groups in total. The maximum atomic E-state index is 14.4. The molecule has 0 spiro atoms. The normalized spacial score (nSPS) is 11.1. The van der Waals surface area contributed by atoms with Gasteiger partial charge in [-0.25, -0.2) is 67.6 Å². The first kappa shape index (κ1) is 126. The number of hydrogen-bond donors (Lipinski definition) is 0. The zero-order valence-electron chi connectivity index (χ0n) is 85.4. The molecule has 0 unspecified atom stereocenters. The van der Waals surface area contributed by atoms with Gasteiger partial charge in [0.05, 0.1) is 48.4 Å². The molecule has 0 aliphatic carbocycles. The van der Waals surface area contributed by atoms with E-state index in [1.54, 1.807) is 119 Å². The van der Waals surface area contributed by atoms with E-state index < -0.39 is 93.3 Å². The summed E-state index contributed by atoms with van der Waals surface area (Å²) in [5, 5.41) is 8.43. The molecule has 0 amide bonds. The van der Waals surface area contributed by atoms with Gasteiger partial charge in [-0.3, -0.25) is 9.97 Å². The fourth-order valence-corrected chi connectivity index (χ4v) is 15.8. The van der Waals surface area contributed by atoms with E-state index in [4.69, 9.17) is 58.0 Å². The van der Waals surface area contributed by atoms with E-state index >= 15 is 0 Å². The third-order valence-corrected chi connectivity index (χ3v) is 24.5. The van der Waals surface area contributed by atoms with Gasteiger partial charge in [0.25, 0.3) is 0 Å². The van der Waals surface area contributed by atoms with Crippen molar-refractivity contribution in [2.24, 2.45) is 0 Å². The molecule has 149 heavy (non-hydrogen) atoms. The summed E-state index contributed by atoms with van der Waals surface area (Å²) in [5.74, 6) is -7.72. The fraction of sp³-hybridized carbons (Fsp3) is 0.284. The van der Waals surface area contributed by atoms with Crippen LogP contribution in [0, 0.1) is 76.7 Å². The van der Waals surface area contributed by atoms with Crippen LogP contribution in [-0.4, -0.2) is 41.5 Å². The van der Waals surface area contributed by atoms with E-state index in [1.807, 2.05) is 149 Å². The minimum absolute atomic E-state index is 0.0160. The zero-order valence-corrected chi connectivity index (χ0v) is 92.4. The van der Waals surface area contributed by atoms with Gasteiger partial charge in [-0.15, -0.1) is 13.2 Å². The number of pyridine rings is 3. The second-order valence-corrected chi connectivity index (χ2v) is 40.1. The van der Waals surface area contributed by atoms with Crippen molar-refractivity contribution in [3.05, 3.63) is 421 Å². The number of alkyl halides is 6. The SMILES string of the molecule is CC(C)c1ccc(F)c(-c2c(F)cc(F)cc2Cl)c1F.CC(C)c1cccc(-c2c(F)cc(F)cc2Cl)c1F.CC(C)c1cccc(-c2c(F)cccc2Cl)c1F.CC(C)c1cccc(-c2ccccc2Cl)c1F.CC(C)c1cccc(-c2ncccc2Cl)c1F.CC(C)c1cccc(Br)n1.CC(C)c1cccc(C(F)(F)F)n1.CC(C)c1cccc(OC(F)(F)F)c1F.CC(C)c1cccnn1.Cc1ncc(C(C)C)nc1Br. The summed E-state index contributed by atoms with van der Waals surface area (Å²) in [7, 11) is 0. The van der Waals surface area contributed by atoms with E-state index in [2.05, 4.69) is 113 Å². The molecule has 0 bridgehead atoms. The molecule has 0 fully saturated rings. The summed E-state index contributed by atoms with van der Waals surface area (Å²) in [6.07, 6.45) is -4.08. The first-order valence-electron chi connectivity index (χ1n) is 47.0. The molecule has 33 heteroatoms. The zero-order chi connectivity index (χ0) is 112. The van der Waals surface area contributed by atoms with Gasteiger partial charge >= 0.3 is 12.5 Å². The summed E-state index contributed by atoms with van der Waals surface area (Å²) in [4.78, 5) is 20.5. The van der Waals surface area contributed by atoms with Gasteiger partial charge in [-0.1, -0.05) is 318 Å². The smallest absolute Gasteiger partial charge is 0.403 e. The highest BCUT2D eigenvalue weighted by atomic mass is 79.9. The Hall–Kier alpha value is -11.2. The first-order chi connectivity index (χ1) is 69.8. The van der Waals surface area contributed by atoms with Gasteiger partial charge in [0.2, 0.25) is 0 Å². The molecule has 0 aliphatic heterocycles. The number of hydrogen-bond acceptors (Lipinski definition) is 8. The Labute approximate surface area is 901 Å². The standard InChI is InChI=1S/C15H11ClF4.C15H12ClF3.C15H13ClF2.C15H14ClF.C14H13ClFN.C10H10F4O.C9H10F3N.C8H11BrN2.C8H10BrN.C7H10N2/c1-7(2)9-3-4-11(18)14(15(9)20)13-10(16)5-8(17)6-12(13)19;1-8(2)10-4-3-5-11(15(10)19)14-12(16)6-9(17)7-13(14)18;1-9(2)10-5-3-6-11(15(10)18)14-12(16)7-4-8-13(14)17;1-10(2)11-7-5-8-13(15(11)17)12-6-3-4-9-14(12)16;1-9(2)10-5-3-6-11(13(10)16)14-12(15)7-4-8-17-14;1-6(2)7-4-3-5-8(9(7)11)15-10(12,13)14;1-6(2)7-4-3-5-8(13-7)9(10,11)12;1-5(2)7-4-10-6(3)8(9)11-7;1-6(2)7-4-3-5-8(9)10-7;1-6(2)7-4-3-5-8-9-7/h3-7H,1-2H3;3-8H,1-2H3;3-9H,1-2H3;3-10H,1-2H3;3-9H,1-2H3;3-6H,1-2H3;3-6H,1-2H3;4-5H,1-3H3;3-6H,1-2H3;3-6H,1-2H3. The number of rotatable bonds is 16. The summed E-state index contributed by atoms with van der Waals surface area (Å²) >= 11 is 36.3. The highest BCUT2D eigenvalue weighted by molar-refractivity contribution is 9.10. The van der Waals surface area contributed by atoms with Gasteiger partial charge in [0.1, 0.15) is 78.9 Å². The minimum atomic E-state index is -4.86. The lowest BCUT2D eigenvalue weighted by Gasteiger charge is -2.14. The molecule has 10 aromatic carbocycles. The Balaban J connectivity index is 0.000000255. The van der Waals surface area contributed by atoms with Crippen LogP contribution in [0.3, 0.4) is 0 Å². The largest absolute Gasteiger partial charge is 0.573 e. The molecule has 5 aromatic heterocycles. The highest BCUT2D eigenvalue weighted by Crippen LogP contribution is 2.43. The second kappa shape index (κ2) is 59.5. The van der Waals surface area contributed by atoms with Crippen LogP contribution in [0.1, 0.15) is 265 Å². The molecule has 5 heterocycles. The molecule has 0 radical (unpaired) electrons. The third-order valence-electron chi connectivity index (χ3n) is 21.8. The van der Waals surface area contributed by atoms with E-state index in [-0.39, 0.29) is 102 Å². The van der Waals surface area contributed by atoms with E-state index in [0.29, 0.717) is 79.1 Å². The molecule has 794 valence electrons. The maximum absolute atomic E-state index is 14.4. The monoisotopic (exact) mass is 2300 g/mol. The summed E-state index contributed by atoms with van der Waals surface area (Å²) in [6, 6.07) is 58.5. The van der Waals surface area contributed by atoms with Crippen molar-refractivity contribution in [1.82, 2.24) is 35.1 Å². The van der Waals surface area contributed by atoms with Crippen LogP contribution in [0.25, 0.3) is 55.8 Å². The predicted octanol–water partition coefficient (Wildman–Crippen LogP) is 40.9. The van der Waals surface area contributed by atoms with Crippen LogP contribution in [0.4, 0.5) is 79.0 Å². The Bertz CT molecular complexity index is 6710. The lowest BCUT2D eigenvalue weighted by Crippen LogP contribution is -2.18. The summed E-state index contributed by atoms with van der Waals surface area (Å²) < 4.78 is 244. The number of benzene rings is 10. The van der Waals surface area contributed by atoms with E-state index in [9.17, 15) is 79.0 Å². The Morgan fingerprint density at radius 1 is 0.289 bits per heavy atom. The lowest BCUT2D eigenvalue weighted by molar-refractivity contribution is -0.275. The summed E-state index contributed by atoms with van der Waals surface area (Å²) in [6.45, 7) is 40.4. The van der Waals surface area contributed by atoms with Gasteiger partial charge in [0, 0.05) is 91.6 Å². The van der Waals surface area contributed by atoms with Crippen LogP contribution in [0.2, 0.25) is 25.1 Å². The van der Waals surface area contributed by atoms with Gasteiger partial charge < -0.3 is 4.74 Å². The Kier molecular flexibility index (Phi) is 50.5. The van der Waals surface area contributed by atoms with E-state index in [1.165, 1.54) is 42.5 Å². The molecular weight excluding hydrogens is 2190 g/mol. The molecule has 0 atom stereocenters. The van der Waals surface area contributed by atoms with Crippen molar-refractivity contribution in [1.29, 1.82) is 0 Å². The van der Waals surface area contributed by atoms with Crippen molar-refractivity contribution in [3.8, 4) is 61.5 Å². The quantitative estimate of drug-likeness (QED) is 0.0697.